The molecule has 2 saturated heterocycles. The van der Waals surface area contributed by atoms with Gasteiger partial charge in [-0.2, -0.15) is 5.26 Å². The largest absolute Gasteiger partial charge is 0.356 e. The van der Waals surface area contributed by atoms with Crippen LogP contribution in [-0.2, 0) is 13.6 Å². The van der Waals surface area contributed by atoms with Gasteiger partial charge < -0.3 is 9.47 Å². The van der Waals surface area contributed by atoms with Crippen LogP contribution < -0.4 is 4.90 Å². The fourth-order valence-electron chi connectivity index (χ4n) is 4.07. The first-order chi connectivity index (χ1) is 12.7. The lowest BCUT2D eigenvalue weighted by Crippen LogP contribution is -2.36. The van der Waals surface area contributed by atoms with Gasteiger partial charge in [0.1, 0.15) is 17.5 Å². The molecule has 2 fully saturated rings. The molecule has 26 heavy (non-hydrogen) atoms. The maximum Gasteiger partial charge on any atom is 0.146 e. The highest BCUT2D eigenvalue weighted by atomic mass is 15.3. The van der Waals surface area contributed by atoms with Gasteiger partial charge in [0.15, 0.2) is 0 Å². The van der Waals surface area contributed by atoms with Crippen molar-refractivity contribution >= 4 is 5.82 Å². The van der Waals surface area contributed by atoms with Crippen molar-refractivity contribution in [3.8, 4) is 6.07 Å². The molecule has 2 aromatic rings. The van der Waals surface area contributed by atoms with Crippen molar-refractivity contribution in [2.75, 3.05) is 31.1 Å². The van der Waals surface area contributed by atoms with E-state index in [-0.39, 0.29) is 0 Å². The number of hydrogen-bond acceptors (Lipinski definition) is 6. The standard InChI is InChI=1S/C19H25N7/c1-24-18(14-25-8-2-3-9-25)22-23-19(24)16-5-4-10-26(13-16)17-11-15(12-20)6-7-21-17/h6-7,11,16H,2-5,8-10,13-14H2,1H3/t16-/m0/s1. The van der Waals surface area contributed by atoms with Gasteiger partial charge in [0, 0.05) is 32.3 Å². The number of likely N-dealkylation sites (tertiary alicyclic amines) is 1. The van der Waals surface area contributed by atoms with E-state index in [0.29, 0.717) is 11.5 Å². The summed E-state index contributed by atoms with van der Waals surface area (Å²) in [6.07, 6.45) is 6.50. The second-order valence-corrected chi connectivity index (χ2v) is 7.32. The number of piperidine rings is 1. The molecule has 2 aliphatic heterocycles. The van der Waals surface area contributed by atoms with Crippen molar-refractivity contribution < 1.29 is 0 Å². The fraction of sp³-hybridized carbons (Fsp3) is 0.579. The van der Waals surface area contributed by atoms with E-state index in [1.807, 2.05) is 6.07 Å². The number of pyridine rings is 1. The Hall–Kier alpha value is -2.46. The summed E-state index contributed by atoms with van der Waals surface area (Å²) in [4.78, 5) is 9.18. The van der Waals surface area contributed by atoms with Gasteiger partial charge in [-0.05, 0) is 50.9 Å². The number of rotatable bonds is 4. The molecule has 2 aliphatic rings. The van der Waals surface area contributed by atoms with E-state index in [1.54, 1.807) is 12.3 Å². The first-order valence-electron chi connectivity index (χ1n) is 9.46. The zero-order valence-electron chi connectivity index (χ0n) is 15.3. The number of nitriles is 1. The molecule has 0 aliphatic carbocycles. The predicted octanol–water partition coefficient (Wildman–Crippen LogP) is 2.06. The highest BCUT2D eigenvalue weighted by molar-refractivity contribution is 5.45. The Kier molecular flexibility index (Phi) is 4.85. The Morgan fingerprint density at radius 3 is 2.85 bits per heavy atom. The zero-order chi connectivity index (χ0) is 17.9. The number of anilines is 1. The van der Waals surface area contributed by atoms with E-state index >= 15 is 0 Å². The molecule has 1 atom stereocenters. The average Bonchev–Trinajstić information content (AvgIpc) is 3.33. The van der Waals surface area contributed by atoms with E-state index in [2.05, 4.69) is 42.7 Å². The molecule has 7 heteroatoms. The SMILES string of the molecule is Cn1c(CN2CCCC2)nnc1[C@H]1CCCN(c2cc(C#N)ccn2)C1. The third kappa shape index (κ3) is 3.42. The average molecular weight is 351 g/mol. The maximum absolute atomic E-state index is 9.12. The molecule has 0 aromatic carbocycles. The minimum atomic E-state index is 0.348. The monoisotopic (exact) mass is 351 g/mol. The number of nitrogens with zero attached hydrogens (tertiary/aromatic N) is 7. The van der Waals surface area contributed by atoms with E-state index in [9.17, 15) is 0 Å². The minimum Gasteiger partial charge on any atom is -0.356 e. The van der Waals surface area contributed by atoms with Gasteiger partial charge in [-0.3, -0.25) is 4.90 Å². The summed E-state index contributed by atoms with van der Waals surface area (Å²) in [7, 11) is 2.09. The van der Waals surface area contributed by atoms with Gasteiger partial charge in [0.2, 0.25) is 0 Å². The smallest absolute Gasteiger partial charge is 0.146 e. The van der Waals surface area contributed by atoms with Gasteiger partial charge in [0.05, 0.1) is 18.2 Å². The van der Waals surface area contributed by atoms with Crippen molar-refractivity contribution in [2.24, 2.45) is 7.05 Å². The van der Waals surface area contributed by atoms with Crippen molar-refractivity contribution in [3.63, 3.8) is 0 Å². The Bertz CT molecular complexity index is 800. The van der Waals surface area contributed by atoms with Gasteiger partial charge in [-0.25, -0.2) is 4.98 Å². The molecule has 4 rings (SSSR count). The quantitative estimate of drug-likeness (QED) is 0.839. The highest BCUT2D eigenvalue weighted by Crippen LogP contribution is 2.28. The van der Waals surface area contributed by atoms with E-state index < -0.39 is 0 Å². The van der Waals surface area contributed by atoms with Crippen molar-refractivity contribution in [3.05, 3.63) is 35.5 Å². The van der Waals surface area contributed by atoms with E-state index in [4.69, 9.17) is 5.26 Å². The molecule has 136 valence electrons. The van der Waals surface area contributed by atoms with Crippen LogP contribution in [0.3, 0.4) is 0 Å². The fourth-order valence-corrected chi connectivity index (χ4v) is 4.07. The molecule has 0 bridgehead atoms. The van der Waals surface area contributed by atoms with E-state index in [0.717, 1.165) is 49.9 Å². The number of hydrogen-bond donors (Lipinski definition) is 0. The molecule has 0 unspecified atom stereocenters. The van der Waals surface area contributed by atoms with Gasteiger partial charge in [-0.1, -0.05) is 0 Å². The second kappa shape index (κ2) is 7.42. The molecular weight excluding hydrogens is 326 g/mol. The Morgan fingerprint density at radius 2 is 2.04 bits per heavy atom. The van der Waals surface area contributed by atoms with E-state index in [1.165, 1.54) is 25.9 Å². The summed E-state index contributed by atoms with van der Waals surface area (Å²) in [5.74, 6) is 3.36. The molecule has 0 radical (unpaired) electrons. The van der Waals surface area contributed by atoms with Crippen molar-refractivity contribution in [1.82, 2.24) is 24.6 Å². The Balaban J connectivity index is 1.49. The van der Waals surface area contributed by atoms with Crippen LogP contribution in [0.25, 0.3) is 0 Å². The predicted molar refractivity (Wildman–Crippen MR) is 98.7 cm³/mol. The number of aromatic nitrogens is 4. The summed E-state index contributed by atoms with van der Waals surface area (Å²) < 4.78 is 2.19. The summed E-state index contributed by atoms with van der Waals surface area (Å²) in [5, 5.41) is 18.1. The first kappa shape index (κ1) is 17.0. The molecule has 0 N–H and O–H groups in total. The summed E-state index contributed by atoms with van der Waals surface area (Å²) >= 11 is 0. The molecule has 7 nitrogen and oxygen atoms in total. The van der Waals surface area contributed by atoms with Crippen molar-refractivity contribution in [1.29, 1.82) is 5.26 Å². The molecular formula is C19H25N7. The maximum atomic E-state index is 9.12. The van der Waals surface area contributed by atoms with Gasteiger partial charge in [-0.15, -0.1) is 10.2 Å². The van der Waals surface area contributed by atoms with Gasteiger partial charge >= 0.3 is 0 Å². The van der Waals surface area contributed by atoms with Crippen LogP contribution >= 0.6 is 0 Å². The second-order valence-electron chi connectivity index (χ2n) is 7.32. The van der Waals surface area contributed by atoms with Crippen LogP contribution in [-0.4, -0.2) is 50.8 Å². The lowest BCUT2D eigenvalue weighted by molar-refractivity contribution is 0.317. The summed E-state index contributed by atoms with van der Waals surface area (Å²) in [6, 6.07) is 5.82. The van der Waals surface area contributed by atoms with Crippen LogP contribution in [0.4, 0.5) is 5.82 Å². The van der Waals surface area contributed by atoms with Crippen LogP contribution in [0.15, 0.2) is 18.3 Å². The molecule has 0 spiro atoms. The van der Waals surface area contributed by atoms with Crippen molar-refractivity contribution in [2.45, 2.75) is 38.1 Å². The first-order valence-corrected chi connectivity index (χ1v) is 9.46. The van der Waals surface area contributed by atoms with Gasteiger partial charge in [0.25, 0.3) is 0 Å². The Morgan fingerprint density at radius 1 is 1.19 bits per heavy atom. The summed E-state index contributed by atoms with van der Waals surface area (Å²) in [5.41, 5.74) is 0.656. The molecule has 0 saturated carbocycles. The summed E-state index contributed by atoms with van der Waals surface area (Å²) in [6.45, 7) is 5.07. The molecule has 2 aromatic heterocycles. The van der Waals surface area contributed by atoms with Crippen LogP contribution in [0.1, 0.15) is 48.8 Å². The topological polar surface area (TPSA) is 73.9 Å². The zero-order valence-corrected chi connectivity index (χ0v) is 15.3. The minimum absolute atomic E-state index is 0.348. The lowest BCUT2D eigenvalue weighted by atomic mass is 9.97. The Labute approximate surface area is 154 Å². The third-order valence-electron chi connectivity index (χ3n) is 5.55. The third-order valence-corrected chi connectivity index (χ3v) is 5.55. The van der Waals surface area contributed by atoms with Crippen LogP contribution in [0, 0.1) is 11.3 Å². The van der Waals surface area contributed by atoms with Crippen LogP contribution in [0.5, 0.6) is 0 Å². The highest BCUT2D eigenvalue weighted by Gasteiger charge is 2.27. The molecule has 4 heterocycles. The normalized spacial score (nSPS) is 21.1. The lowest BCUT2D eigenvalue weighted by Gasteiger charge is -2.33. The molecule has 0 amide bonds. The van der Waals surface area contributed by atoms with Crippen LogP contribution in [0.2, 0.25) is 0 Å².